The molecular formula is C31H31N3O3. The number of rotatable bonds is 11. The van der Waals surface area contributed by atoms with Crippen LogP contribution in [0, 0.1) is 0 Å². The third kappa shape index (κ3) is 5.92. The number of benzene rings is 4. The largest absolute Gasteiger partial charge is 0.497 e. The Bertz CT molecular complexity index is 1490. The van der Waals surface area contributed by atoms with E-state index in [0.29, 0.717) is 26.0 Å². The number of ether oxygens (including phenoxy) is 2. The van der Waals surface area contributed by atoms with Crippen molar-refractivity contribution in [3.8, 4) is 11.5 Å². The van der Waals surface area contributed by atoms with E-state index in [1.54, 1.807) is 7.11 Å². The molecule has 0 atom stereocenters. The minimum Gasteiger partial charge on any atom is -0.497 e. The fourth-order valence-corrected chi connectivity index (χ4v) is 4.60. The smallest absolute Gasteiger partial charge is 0.224 e. The molecule has 1 aromatic heterocycles. The summed E-state index contributed by atoms with van der Waals surface area (Å²) in [5, 5.41) is 5.34. The number of hydrogen-bond donors (Lipinski definition) is 1. The van der Waals surface area contributed by atoms with E-state index < -0.39 is 0 Å². The third-order valence-electron chi connectivity index (χ3n) is 6.46. The fraction of sp³-hybridized carbons (Fsp3) is 0.226. The summed E-state index contributed by atoms with van der Waals surface area (Å²) in [6.45, 7) is 1.93. The van der Waals surface area contributed by atoms with Gasteiger partial charge in [0.25, 0.3) is 0 Å². The number of para-hydroxylation sites is 2. The maximum Gasteiger partial charge on any atom is 0.224 e. The van der Waals surface area contributed by atoms with Gasteiger partial charge < -0.3 is 19.4 Å². The molecule has 5 aromatic rings. The number of methoxy groups -OCH3 is 1. The molecule has 4 aromatic carbocycles. The van der Waals surface area contributed by atoms with Crippen LogP contribution in [0.4, 0.5) is 0 Å². The van der Waals surface area contributed by atoms with Gasteiger partial charge in [0.05, 0.1) is 31.2 Å². The molecule has 6 nitrogen and oxygen atoms in total. The molecule has 0 aliphatic carbocycles. The molecule has 1 heterocycles. The van der Waals surface area contributed by atoms with Crippen LogP contribution in [0.3, 0.4) is 0 Å². The molecule has 0 fully saturated rings. The Hall–Kier alpha value is -4.32. The van der Waals surface area contributed by atoms with Crippen LogP contribution < -0.4 is 14.8 Å². The second-order valence-corrected chi connectivity index (χ2v) is 8.97. The first-order chi connectivity index (χ1) is 18.2. The summed E-state index contributed by atoms with van der Waals surface area (Å²) in [7, 11) is 1.63. The SMILES string of the molecule is COc1ccc(CC(=O)NCCc2nc3ccccc3n2CCCOc2cccc3ccccc23)cc1. The van der Waals surface area contributed by atoms with Crippen molar-refractivity contribution in [2.24, 2.45) is 0 Å². The zero-order valence-corrected chi connectivity index (χ0v) is 21.0. The lowest BCUT2D eigenvalue weighted by Crippen LogP contribution is -2.28. The number of nitrogens with zero attached hydrogens (tertiary/aromatic N) is 2. The Morgan fingerprint density at radius 3 is 2.57 bits per heavy atom. The van der Waals surface area contributed by atoms with E-state index in [1.807, 2.05) is 66.7 Å². The number of hydrogen-bond acceptors (Lipinski definition) is 4. The van der Waals surface area contributed by atoms with Crippen molar-refractivity contribution >= 4 is 27.7 Å². The summed E-state index contributed by atoms with van der Waals surface area (Å²) in [5.74, 6) is 2.66. The zero-order valence-electron chi connectivity index (χ0n) is 21.0. The quantitative estimate of drug-likeness (QED) is 0.244. The van der Waals surface area contributed by atoms with Gasteiger partial charge in [0, 0.05) is 24.9 Å². The maximum atomic E-state index is 12.5. The highest BCUT2D eigenvalue weighted by atomic mass is 16.5. The van der Waals surface area contributed by atoms with Crippen molar-refractivity contribution in [2.45, 2.75) is 25.8 Å². The van der Waals surface area contributed by atoms with Gasteiger partial charge in [0.15, 0.2) is 0 Å². The van der Waals surface area contributed by atoms with E-state index in [1.165, 1.54) is 5.39 Å². The standard InChI is InChI=1S/C31H31N3O3/c1-36-25-16-14-23(15-17-25)22-31(35)32-19-18-30-33-27-11-4-5-12-28(27)34(30)20-7-21-37-29-13-6-9-24-8-2-3-10-26(24)29/h2-6,8-17H,7,18-22H2,1H3,(H,32,35). The topological polar surface area (TPSA) is 65.4 Å². The monoisotopic (exact) mass is 493 g/mol. The van der Waals surface area contributed by atoms with Crippen molar-refractivity contribution in [3.05, 3.63) is 102 Å². The number of aryl methyl sites for hydroxylation is 1. The first-order valence-corrected chi connectivity index (χ1v) is 12.7. The van der Waals surface area contributed by atoms with E-state index >= 15 is 0 Å². The van der Waals surface area contributed by atoms with Crippen LogP contribution in [-0.4, -0.2) is 35.7 Å². The molecule has 188 valence electrons. The van der Waals surface area contributed by atoms with Crippen molar-refractivity contribution in [3.63, 3.8) is 0 Å². The Morgan fingerprint density at radius 1 is 0.919 bits per heavy atom. The molecule has 0 radical (unpaired) electrons. The summed E-state index contributed by atoms with van der Waals surface area (Å²) in [4.78, 5) is 17.3. The number of fused-ring (bicyclic) bond motifs is 2. The molecule has 0 aliphatic rings. The second kappa shape index (κ2) is 11.6. The number of imidazole rings is 1. The van der Waals surface area contributed by atoms with Gasteiger partial charge in [-0.25, -0.2) is 4.98 Å². The van der Waals surface area contributed by atoms with Gasteiger partial charge in [0.2, 0.25) is 5.91 Å². The minimum absolute atomic E-state index is 0.00341. The number of carbonyl (C=O) groups is 1. The van der Waals surface area contributed by atoms with Crippen LogP contribution >= 0.6 is 0 Å². The molecule has 1 N–H and O–H groups in total. The van der Waals surface area contributed by atoms with Crippen LogP contribution in [0.5, 0.6) is 11.5 Å². The number of amides is 1. The summed E-state index contributed by atoms with van der Waals surface area (Å²) in [5.41, 5.74) is 3.03. The molecule has 0 saturated heterocycles. The van der Waals surface area contributed by atoms with Gasteiger partial charge in [-0.2, -0.15) is 0 Å². The molecule has 0 aliphatic heterocycles. The zero-order chi connectivity index (χ0) is 25.5. The predicted molar refractivity (Wildman–Crippen MR) is 147 cm³/mol. The van der Waals surface area contributed by atoms with Crippen molar-refractivity contribution in [1.82, 2.24) is 14.9 Å². The highest BCUT2D eigenvalue weighted by molar-refractivity contribution is 5.88. The lowest BCUT2D eigenvalue weighted by Gasteiger charge is -2.12. The summed E-state index contributed by atoms with van der Waals surface area (Å²) in [6.07, 6.45) is 1.85. The van der Waals surface area contributed by atoms with Crippen LogP contribution in [0.25, 0.3) is 21.8 Å². The average molecular weight is 494 g/mol. The maximum absolute atomic E-state index is 12.5. The second-order valence-electron chi connectivity index (χ2n) is 8.97. The Balaban J connectivity index is 1.18. The lowest BCUT2D eigenvalue weighted by atomic mass is 10.1. The molecular weight excluding hydrogens is 462 g/mol. The Kier molecular flexibility index (Phi) is 7.65. The molecule has 0 spiro atoms. The van der Waals surface area contributed by atoms with Gasteiger partial charge in [-0.05, 0) is 47.7 Å². The van der Waals surface area contributed by atoms with Crippen LogP contribution in [0.15, 0.2) is 91.0 Å². The molecule has 6 heteroatoms. The Morgan fingerprint density at radius 2 is 1.70 bits per heavy atom. The van der Waals surface area contributed by atoms with E-state index in [-0.39, 0.29) is 5.91 Å². The van der Waals surface area contributed by atoms with E-state index in [0.717, 1.165) is 52.3 Å². The lowest BCUT2D eigenvalue weighted by molar-refractivity contribution is -0.120. The van der Waals surface area contributed by atoms with Crippen molar-refractivity contribution < 1.29 is 14.3 Å². The molecule has 0 saturated carbocycles. The third-order valence-corrected chi connectivity index (χ3v) is 6.46. The fourth-order valence-electron chi connectivity index (χ4n) is 4.60. The van der Waals surface area contributed by atoms with Gasteiger partial charge in [0.1, 0.15) is 17.3 Å². The number of carbonyl (C=O) groups excluding carboxylic acids is 1. The van der Waals surface area contributed by atoms with Crippen LogP contribution in [-0.2, 0) is 24.2 Å². The molecule has 1 amide bonds. The molecule has 0 bridgehead atoms. The van der Waals surface area contributed by atoms with Crippen molar-refractivity contribution in [2.75, 3.05) is 20.3 Å². The van der Waals surface area contributed by atoms with Crippen LogP contribution in [0.2, 0.25) is 0 Å². The van der Waals surface area contributed by atoms with Crippen molar-refractivity contribution in [1.29, 1.82) is 0 Å². The molecule has 37 heavy (non-hydrogen) atoms. The van der Waals surface area contributed by atoms with Gasteiger partial charge in [-0.1, -0.05) is 60.7 Å². The van der Waals surface area contributed by atoms with E-state index in [2.05, 4.69) is 34.1 Å². The number of nitrogens with one attached hydrogen (secondary N) is 1. The highest BCUT2D eigenvalue weighted by Gasteiger charge is 2.11. The van der Waals surface area contributed by atoms with Gasteiger partial charge in [-0.3, -0.25) is 4.79 Å². The normalized spacial score (nSPS) is 11.1. The molecule has 5 rings (SSSR count). The highest BCUT2D eigenvalue weighted by Crippen LogP contribution is 2.25. The van der Waals surface area contributed by atoms with E-state index in [4.69, 9.17) is 14.5 Å². The summed E-state index contributed by atoms with van der Waals surface area (Å²) in [6, 6.07) is 30.2. The van der Waals surface area contributed by atoms with E-state index in [9.17, 15) is 4.79 Å². The minimum atomic E-state index is -0.00341. The van der Waals surface area contributed by atoms with Gasteiger partial charge in [-0.15, -0.1) is 0 Å². The Labute approximate surface area is 216 Å². The molecule has 0 unspecified atom stereocenters. The van der Waals surface area contributed by atoms with Crippen LogP contribution in [0.1, 0.15) is 17.8 Å². The summed E-state index contributed by atoms with van der Waals surface area (Å²) < 4.78 is 13.6. The predicted octanol–water partition coefficient (Wildman–Crippen LogP) is 5.57. The first kappa shape index (κ1) is 24.4. The number of aromatic nitrogens is 2. The average Bonchev–Trinajstić information content (AvgIpc) is 3.28. The first-order valence-electron chi connectivity index (χ1n) is 12.7. The van der Waals surface area contributed by atoms with Gasteiger partial charge >= 0.3 is 0 Å². The summed E-state index contributed by atoms with van der Waals surface area (Å²) >= 11 is 0.